The first-order valence-corrected chi connectivity index (χ1v) is 26.9. The van der Waals surface area contributed by atoms with Crippen molar-refractivity contribution in [2.75, 3.05) is 0 Å². The highest BCUT2D eigenvalue weighted by molar-refractivity contribution is 5.11. The Morgan fingerprint density at radius 2 is 0.508 bits per heavy atom. The molecule has 0 unspecified atom stereocenters. The van der Waals surface area contributed by atoms with Crippen LogP contribution in [0.2, 0.25) is 0 Å². The summed E-state index contributed by atoms with van der Waals surface area (Å²) >= 11 is 0. The van der Waals surface area contributed by atoms with Crippen LogP contribution in [-0.2, 0) is 39.3 Å². The number of hydrogen-bond acceptors (Lipinski definition) is 1. The van der Waals surface area contributed by atoms with E-state index in [4.69, 9.17) is 0 Å². The lowest BCUT2D eigenvalue weighted by atomic mass is 10.1. The van der Waals surface area contributed by atoms with Gasteiger partial charge in [0, 0.05) is 73.8 Å². The van der Waals surface area contributed by atoms with E-state index >= 15 is 0 Å². The molecule has 0 bridgehead atoms. The topological polar surface area (TPSA) is 14.9 Å². The first-order valence-electron chi connectivity index (χ1n) is 26.9. The second-order valence-electron chi connectivity index (χ2n) is 19.1. The molecule has 0 spiro atoms. The van der Waals surface area contributed by atoms with Gasteiger partial charge in [-0.15, -0.1) is 0 Å². The summed E-state index contributed by atoms with van der Waals surface area (Å²) in [5, 5.41) is 0. The van der Waals surface area contributed by atoms with Gasteiger partial charge in [-0.1, -0.05) is 194 Å². The van der Waals surface area contributed by atoms with Crippen LogP contribution in [0.1, 0.15) is 249 Å². The molecule has 0 aliphatic carbocycles. The van der Waals surface area contributed by atoms with E-state index in [0.717, 1.165) is 39.3 Å². The van der Waals surface area contributed by atoms with Crippen molar-refractivity contribution >= 4 is 0 Å². The molecule has 4 heteroatoms. The highest BCUT2D eigenvalue weighted by atomic mass is 15.1. The third-order valence-electron chi connectivity index (χ3n) is 13.0. The minimum absolute atomic E-state index is 0.958. The number of aromatic nitrogens is 3. The average molecular weight is 840 g/mol. The lowest BCUT2D eigenvalue weighted by molar-refractivity contribution is -0.697. The van der Waals surface area contributed by atoms with E-state index in [-0.39, 0.29) is 0 Å². The second kappa shape index (κ2) is 37.9. The number of hydrogen-bond donors (Lipinski definition) is 0. The molecule has 344 valence electrons. The number of rotatable bonds is 42. The summed E-state index contributed by atoms with van der Waals surface area (Å²) in [4.78, 5) is 2.67. The van der Waals surface area contributed by atoms with Gasteiger partial charge in [0.2, 0.25) is 0 Å². The molecule has 0 atom stereocenters. The van der Waals surface area contributed by atoms with Crippen LogP contribution in [0, 0.1) is 0 Å². The fourth-order valence-corrected chi connectivity index (χ4v) is 9.24. The zero-order valence-electron chi connectivity index (χ0n) is 40.8. The molecule has 0 saturated carbocycles. The van der Waals surface area contributed by atoms with Crippen LogP contribution in [0.5, 0.6) is 0 Å². The summed E-state index contributed by atoms with van der Waals surface area (Å²) in [5.41, 5.74) is 4.25. The zero-order chi connectivity index (χ0) is 43.1. The number of unbranched alkanes of at least 4 members (excludes halogenated alkanes) is 30. The normalized spacial score (nSPS) is 11.6. The molecule has 3 aromatic heterocycles. The summed E-state index contributed by atoms with van der Waals surface area (Å²) in [7, 11) is 0. The summed E-state index contributed by atoms with van der Waals surface area (Å²) in [5.74, 6) is 0. The standard InChI is InChI=1S/C57H99N4/c1-4-7-10-13-16-19-22-25-28-31-34-43-58-46-37-40-55(49-58)52-61(53-56-41-38-47-59(50-56)44-35-32-29-26-23-20-17-14-11-8-5-2)54-57-42-39-48-60(51-57)45-36-33-30-27-24-21-18-15-12-9-6-3/h37-42,46-51H,4-36,43-45,52-54H2,1-3H3/q+3. The van der Waals surface area contributed by atoms with Crippen molar-refractivity contribution in [2.24, 2.45) is 0 Å². The van der Waals surface area contributed by atoms with E-state index in [1.165, 1.54) is 229 Å². The molecule has 3 rings (SSSR count). The predicted molar refractivity (Wildman–Crippen MR) is 262 cm³/mol. The van der Waals surface area contributed by atoms with Crippen molar-refractivity contribution in [3.8, 4) is 0 Å². The van der Waals surface area contributed by atoms with Gasteiger partial charge in [-0.2, -0.15) is 0 Å². The van der Waals surface area contributed by atoms with Crippen molar-refractivity contribution in [3.63, 3.8) is 0 Å². The minimum Gasteiger partial charge on any atom is -0.290 e. The van der Waals surface area contributed by atoms with Gasteiger partial charge in [0.05, 0.1) is 0 Å². The van der Waals surface area contributed by atoms with E-state index in [1.807, 2.05) is 0 Å². The Morgan fingerprint density at radius 3 is 0.738 bits per heavy atom. The molecule has 0 aliphatic rings. The SMILES string of the molecule is CCCCCCCCCCCCC[n+]1cccc(CN(Cc2ccc[n+](CCCCCCCCCCCCC)c2)Cc2ccc[n+](CCCCCCCCCCCCC)c2)c1. The Labute approximate surface area is 379 Å². The Kier molecular flexibility index (Phi) is 32.8. The summed E-state index contributed by atoms with van der Waals surface area (Å²) in [6, 6.07) is 13.9. The summed E-state index contributed by atoms with van der Waals surface area (Å²) < 4.78 is 7.36. The quantitative estimate of drug-likeness (QED) is 0.0410. The zero-order valence-corrected chi connectivity index (χ0v) is 40.8. The Bertz CT molecular complexity index is 1250. The van der Waals surface area contributed by atoms with Gasteiger partial charge >= 0.3 is 0 Å². The average Bonchev–Trinajstić information content (AvgIpc) is 3.27. The molecular formula is C57H99N4+3. The van der Waals surface area contributed by atoms with E-state index in [9.17, 15) is 0 Å². The fraction of sp³-hybridized carbons (Fsp3) is 0.737. The van der Waals surface area contributed by atoms with Crippen LogP contribution in [-0.4, -0.2) is 4.90 Å². The van der Waals surface area contributed by atoms with Gasteiger partial charge in [-0.05, 0) is 37.5 Å². The van der Waals surface area contributed by atoms with Crippen molar-refractivity contribution in [3.05, 3.63) is 90.3 Å². The van der Waals surface area contributed by atoms with Gasteiger partial charge in [-0.3, -0.25) is 4.90 Å². The first kappa shape index (κ1) is 52.8. The largest absolute Gasteiger partial charge is 0.290 e. The van der Waals surface area contributed by atoms with Gasteiger partial charge in [0.15, 0.2) is 37.2 Å². The molecule has 0 saturated heterocycles. The molecular weight excluding hydrogens is 741 g/mol. The molecule has 4 nitrogen and oxygen atoms in total. The number of pyridine rings is 3. The Morgan fingerprint density at radius 1 is 0.295 bits per heavy atom. The summed E-state index contributed by atoms with van der Waals surface area (Å²) in [6.45, 7) is 13.2. The number of nitrogens with zero attached hydrogens (tertiary/aromatic N) is 4. The first-order chi connectivity index (χ1) is 30.2. The smallest absolute Gasteiger partial charge is 0.173 e. The van der Waals surface area contributed by atoms with Crippen LogP contribution in [0.15, 0.2) is 73.6 Å². The van der Waals surface area contributed by atoms with Crippen LogP contribution >= 0.6 is 0 Å². The lowest BCUT2D eigenvalue weighted by Crippen LogP contribution is -2.36. The van der Waals surface area contributed by atoms with Crippen LogP contribution < -0.4 is 13.7 Å². The highest BCUT2D eigenvalue weighted by Gasteiger charge is 2.15. The van der Waals surface area contributed by atoms with Crippen molar-refractivity contribution in [2.45, 2.75) is 272 Å². The molecule has 0 N–H and O–H groups in total. The molecule has 0 aromatic carbocycles. The van der Waals surface area contributed by atoms with Crippen molar-refractivity contribution in [1.29, 1.82) is 0 Å². The Balaban J connectivity index is 1.51. The van der Waals surface area contributed by atoms with E-state index in [0.29, 0.717) is 0 Å². The van der Waals surface area contributed by atoms with Gasteiger partial charge in [-0.25, -0.2) is 13.7 Å². The molecule has 3 heterocycles. The van der Waals surface area contributed by atoms with E-state index < -0.39 is 0 Å². The van der Waals surface area contributed by atoms with Gasteiger partial charge < -0.3 is 0 Å². The molecule has 0 fully saturated rings. The van der Waals surface area contributed by atoms with Crippen molar-refractivity contribution in [1.82, 2.24) is 4.90 Å². The van der Waals surface area contributed by atoms with Crippen LogP contribution in [0.3, 0.4) is 0 Å². The fourth-order valence-electron chi connectivity index (χ4n) is 9.24. The van der Waals surface area contributed by atoms with Crippen LogP contribution in [0.25, 0.3) is 0 Å². The van der Waals surface area contributed by atoms with Crippen LogP contribution in [0.4, 0.5) is 0 Å². The molecule has 0 amide bonds. The third kappa shape index (κ3) is 28.7. The predicted octanol–water partition coefficient (Wildman–Crippen LogP) is 15.7. The van der Waals surface area contributed by atoms with Gasteiger partial charge in [0.1, 0.15) is 19.6 Å². The van der Waals surface area contributed by atoms with E-state index in [2.05, 4.69) is 113 Å². The molecule has 0 aliphatic heterocycles. The Hall–Kier alpha value is -2.59. The maximum Gasteiger partial charge on any atom is 0.173 e. The highest BCUT2D eigenvalue weighted by Crippen LogP contribution is 2.16. The second-order valence-corrected chi connectivity index (χ2v) is 19.1. The molecule has 61 heavy (non-hydrogen) atoms. The lowest BCUT2D eigenvalue weighted by Gasteiger charge is -2.21. The maximum atomic E-state index is 2.67. The number of aryl methyl sites for hydroxylation is 3. The molecule has 3 aromatic rings. The van der Waals surface area contributed by atoms with Crippen molar-refractivity contribution < 1.29 is 13.7 Å². The molecule has 0 radical (unpaired) electrons. The summed E-state index contributed by atoms with van der Waals surface area (Å²) in [6.07, 6.45) is 60.2. The van der Waals surface area contributed by atoms with Gasteiger partial charge in [0.25, 0.3) is 0 Å². The minimum atomic E-state index is 0.958. The maximum absolute atomic E-state index is 2.67. The third-order valence-corrected chi connectivity index (χ3v) is 13.0. The monoisotopic (exact) mass is 840 g/mol. The van der Waals surface area contributed by atoms with E-state index in [1.54, 1.807) is 0 Å².